The maximum atomic E-state index is 12.6. The lowest BCUT2D eigenvalue weighted by atomic mass is 9.78. The zero-order chi connectivity index (χ0) is 13.5. The summed E-state index contributed by atoms with van der Waals surface area (Å²) >= 11 is 0. The summed E-state index contributed by atoms with van der Waals surface area (Å²) in [6, 6.07) is 0. The second-order valence-corrected chi connectivity index (χ2v) is 8.71. The van der Waals surface area contributed by atoms with Gasteiger partial charge in [-0.3, -0.25) is 0 Å². The first-order valence-corrected chi connectivity index (χ1v) is 9.14. The molecule has 0 aromatic rings. The lowest BCUT2D eigenvalue weighted by molar-refractivity contribution is 0.123. The Kier molecular flexibility index (Phi) is 3.65. The van der Waals surface area contributed by atoms with E-state index in [9.17, 15) is 8.42 Å². The lowest BCUT2D eigenvalue weighted by Crippen LogP contribution is -2.47. The number of ether oxygens (including phenoxy) is 1. The molecule has 0 aromatic heterocycles. The van der Waals surface area contributed by atoms with Gasteiger partial charge in [0, 0.05) is 19.7 Å². The molecule has 2 aliphatic heterocycles. The van der Waals surface area contributed by atoms with Gasteiger partial charge in [-0.1, -0.05) is 12.8 Å². The molecule has 5 heteroatoms. The molecule has 3 fully saturated rings. The maximum Gasteiger partial charge on any atom is 0.219 e. The highest BCUT2D eigenvalue weighted by molar-refractivity contribution is 7.89. The third-order valence-corrected chi connectivity index (χ3v) is 7.97. The van der Waals surface area contributed by atoms with Crippen LogP contribution in [0.2, 0.25) is 0 Å². The van der Waals surface area contributed by atoms with Gasteiger partial charge in [0.2, 0.25) is 10.0 Å². The third-order valence-electron chi connectivity index (χ3n) is 5.50. The van der Waals surface area contributed by atoms with Crippen LogP contribution in [-0.2, 0) is 14.8 Å². The van der Waals surface area contributed by atoms with Crippen LogP contribution in [-0.4, -0.2) is 43.8 Å². The lowest BCUT2D eigenvalue weighted by Gasteiger charge is -2.39. The molecule has 0 amide bonds. The van der Waals surface area contributed by atoms with Gasteiger partial charge in [0.15, 0.2) is 0 Å². The summed E-state index contributed by atoms with van der Waals surface area (Å²) in [6.07, 6.45) is 7.93. The molecule has 1 saturated carbocycles. The van der Waals surface area contributed by atoms with Gasteiger partial charge in [-0.2, -0.15) is 0 Å². The van der Waals surface area contributed by atoms with Crippen LogP contribution in [0.15, 0.2) is 0 Å². The average Bonchev–Trinajstić information content (AvgIpc) is 3.00. The summed E-state index contributed by atoms with van der Waals surface area (Å²) < 4.78 is 32.5. The van der Waals surface area contributed by atoms with Gasteiger partial charge >= 0.3 is 0 Å². The fraction of sp³-hybridized carbons (Fsp3) is 1.00. The molecular weight excluding hydrogens is 262 g/mol. The first-order valence-electron chi connectivity index (χ1n) is 7.64. The third kappa shape index (κ3) is 2.45. The molecule has 2 atom stereocenters. The van der Waals surface area contributed by atoms with E-state index in [0.29, 0.717) is 18.4 Å². The predicted molar refractivity (Wildman–Crippen MR) is 74.4 cm³/mol. The van der Waals surface area contributed by atoms with Gasteiger partial charge in [-0.05, 0) is 44.4 Å². The smallest absolute Gasteiger partial charge is 0.219 e. The molecule has 4 nitrogen and oxygen atoms in total. The summed E-state index contributed by atoms with van der Waals surface area (Å²) in [4.78, 5) is 0. The van der Waals surface area contributed by atoms with Crippen molar-refractivity contribution in [1.82, 2.24) is 4.31 Å². The van der Waals surface area contributed by atoms with Crippen molar-refractivity contribution >= 4 is 10.0 Å². The largest absolute Gasteiger partial charge is 0.377 e. The Bertz CT molecular complexity index is 418. The monoisotopic (exact) mass is 287 g/mol. The van der Waals surface area contributed by atoms with Crippen molar-refractivity contribution < 1.29 is 13.2 Å². The predicted octanol–water partition coefficient (Wildman–Crippen LogP) is 2.15. The molecule has 0 radical (unpaired) electrons. The number of hydrogen-bond donors (Lipinski definition) is 0. The number of rotatable bonds is 2. The van der Waals surface area contributed by atoms with Crippen LogP contribution < -0.4 is 0 Å². The Morgan fingerprint density at radius 3 is 2.26 bits per heavy atom. The van der Waals surface area contributed by atoms with Crippen LogP contribution in [0.25, 0.3) is 0 Å². The van der Waals surface area contributed by atoms with Crippen molar-refractivity contribution in [1.29, 1.82) is 0 Å². The van der Waals surface area contributed by atoms with Gasteiger partial charge in [0.1, 0.15) is 5.25 Å². The molecule has 0 N–H and O–H groups in total. The molecule has 2 saturated heterocycles. The zero-order valence-corrected chi connectivity index (χ0v) is 12.6. The summed E-state index contributed by atoms with van der Waals surface area (Å²) in [7, 11) is -3.15. The molecule has 1 spiro atoms. The second kappa shape index (κ2) is 5.01. The van der Waals surface area contributed by atoms with E-state index in [1.54, 1.807) is 4.31 Å². The minimum Gasteiger partial charge on any atom is -0.377 e. The SMILES string of the molecule is C[C@H]1OCC[C@@H]1S(=O)(=O)N1CCC2(CCCC2)CC1. The molecule has 3 aliphatic rings. The molecular formula is C14H25NO3S. The summed E-state index contributed by atoms with van der Waals surface area (Å²) in [6.45, 7) is 3.93. The van der Waals surface area contributed by atoms with Crippen LogP contribution in [0.4, 0.5) is 0 Å². The average molecular weight is 287 g/mol. The van der Waals surface area contributed by atoms with E-state index in [-0.39, 0.29) is 11.4 Å². The Morgan fingerprint density at radius 2 is 1.74 bits per heavy atom. The van der Waals surface area contributed by atoms with Gasteiger partial charge in [-0.15, -0.1) is 0 Å². The normalized spacial score (nSPS) is 36.1. The molecule has 0 unspecified atom stereocenters. The fourth-order valence-corrected chi connectivity index (χ4v) is 6.17. The van der Waals surface area contributed by atoms with Gasteiger partial charge in [-0.25, -0.2) is 12.7 Å². The zero-order valence-electron chi connectivity index (χ0n) is 11.8. The maximum absolute atomic E-state index is 12.6. The molecule has 0 bridgehead atoms. The van der Waals surface area contributed by atoms with Crippen molar-refractivity contribution in [3.8, 4) is 0 Å². The topological polar surface area (TPSA) is 46.6 Å². The van der Waals surface area contributed by atoms with E-state index >= 15 is 0 Å². The highest BCUT2D eigenvalue weighted by Gasteiger charge is 2.44. The first-order chi connectivity index (χ1) is 9.04. The standard InChI is InChI=1S/C14H25NO3S/c1-12-13(4-11-18-12)19(16,17)15-9-7-14(8-10-15)5-2-3-6-14/h12-13H,2-11H2,1H3/t12-,13+/m1/s1. The van der Waals surface area contributed by atoms with E-state index < -0.39 is 10.0 Å². The van der Waals surface area contributed by atoms with Crippen LogP contribution >= 0.6 is 0 Å². The van der Waals surface area contributed by atoms with Crippen molar-refractivity contribution in [2.75, 3.05) is 19.7 Å². The van der Waals surface area contributed by atoms with E-state index in [1.807, 2.05) is 6.92 Å². The van der Waals surface area contributed by atoms with Crippen LogP contribution in [0.5, 0.6) is 0 Å². The Morgan fingerprint density at radius 1 is 1.11 bits per heavy atom. The van der Waals surface area contributed by atoms with E-state index in [0.717, 1.165) is 25.9 Å². The van der Waals surface area contributed by atoms with Crippen LogP contribution in [0.3, 0.4) is 0 Å². The number of hydrogen-bond acceptors (Lipinski definition) is 3. The minimum absolute atomic E-state index is 0.146. The van der Waals surface area contributed by atoms with Crippen molar-refractivity contribution in [2.24, 2.45) is 5.41 Å². The quantitative estimate of drug-likeness (QED) is 0.782. The number of piperidine rings is 1. The number of sulfonamides is 1. The van der Waals surface area contributed by atoms with Crippen LogP contribution in [0, 0.1) is 5.41 Å². The van der Waals surface area contributed by atoms with Gasteiger partial charge in [0.05, 0.1) is 6.10 Å². The highest BCUT2D eigenvalue weighted by Crippen LogP contribution is 2.46. The van der Waals surface area contributed by atoms with Crippen molar-refractivity contribution in [3.05, 3.63) is 0 Å². The molecule has 3 rings (SSSR count). The summed E-state index contributed by atoms with van der Waals surface area (Å²) in [5.41, 5.74) is 0.476. The molecule has 2 heterocycles. The molecule has 0 aromatic carbocycles. The summed E-state index contributed by atoms with van der Waals surface area (Å²) in [5, 5.41) is -0.315. The molecule has 110 valence electrons. The fourth-order valence-electron chi connectivity index (χ4n) is 4.13. The Hall–Kier alpha value is -0.130. The van der Waals surface area contributed by atoms with E-state index in [2.05, 4.69) is 0 Å². The number of nitrogens with zero attached hydrogens (tertiary/aromatic N) is 1. The Labute approximate surface area is 116 Å². The van der Waals surface area contributed by atoms with Gasteiger partial charge in [0.25, 0.3) is 0 Å². The molecule has 19 heavy (non-hydrogen) atoms. The minimum atomic E-state index is -3.15. The Balaban J connectivity index is 1.67. The van der Waals surface area contributed by atoms with Crippen molar-refractivity contribution in [2.45, 2.75) is 63.2 Å². The second-order valence-electron chi connectivity index (χ2n) is 6.55. The van der Waals surface area contributed by atoms with Crippen LogP contribution in [0.1, 0.15) is 51.9 Å². The van der Waals surface area contributed by atoms with Crippen molar-refractivity contribution in [3.63, 3.8) is 0 Å². The highest BCUT2D eigenvalue weighted by atomic mass is 32.2. The van der Waals surface area contributed by atoms with E-state index in [1.165, 1.54) is 25.7 Å². The first kappa shape index (κ1) is 13.8. The summed E-state index contributed by atoms with van der Waals surface area (Å²) in [5.74, 6) is 0. The van der Waals surface area contributed by atoms with Gasteiger partial charge < -0.3 is 4.74 Å². The van der Waals surface area contributed by atoms with E-state index in [4.69, 9.17) is 4.74 Å². The molecule has 1 aliphatic carbocycles.